The maximum absolute atomic E-state index is 12.6. The molecule has 134 valence electrons. The van der Waals surface area contributed by atoms with Crippen molar-refractivity contribution in [2.24, 2.45) is 5.92 Å². The molecule has 2 amide bonds. The lowest BCUT2D eigenvalue weighted by Crippen LogP contribution is -2.49. The summed E-state index contributed by atoms with van der Waals surface area (Å²) in [5.41, 5.74) is 2.24. The van der Waals surface area contributed by atoms with E-state index < -0.39 is 6.04 Å². The Hall–Kier alpha value is -1.84. The summed E-state index contributed by atoms with van der Waals surface area (Å²) >= 11 is 0. The Labute approximate surface area is 146 Å². The highest BCUT2D eigenvalue weighted by Gasteiger charge is 2.27. The Balaban J connectivity index is 2.94. The number of nitrogens with one attached hydrogen (secondary N) is 1. The predicted molar refractivity (Wildman–Crippen MR) is 98.6 cm³/mol. The Morgan fingerprint density at radius 1 is 1.12 bits per heavy atom. The van der Waals surface area contributed by atoms with Gasteiger partial charge in [0.1, 0.15) is 6.04 Å². The first-order valence-corrected chi connectivity index (χ1v) is 9.01. The van der Waals surface area contributed by atoms with Crippen LogP contribution in [0.25, 0.3) is 0 Å². The molecule has 24 heavy (non-hydrogen) atoms. The van der Waals surface area contributed by atoms with Crippen LogP contribution in [0.4, 0.5) is 0 Å². The van der Waals surface area contributed by atoms with E-state index in [-0.39, 0.29) is 11.8 Å². The molecule has 0 saturated heterocycles. The lowest BCUT2D eigenvalue weighted by molar-refractivity contribution is -0.141. The molecule has 1 rings (SSSR count). The highest BCUT2D eigenvalue weighted by atomic mass is 16.2. The Morgan fingerprint density at radius 3 is 2.25 bits per heavy atom. The molecule has 1 aromatic rings. The van der Waals surface area contributed by atoms with E-state index in [4.69, 9.17) is 0 Å². The normalized spacial score (nSPS) is 12.1. The van der Waals surface area contributed by atoms with E-state index in [9.17, 15) is 9.59 Å². The molecule has 1 atom stereocenters. The van der Waals surface area contributed by atoms with Crippen molar-refractivity contribution >= 4 is 11.8 Å². The third-order valence-electron chi connectivity index (χ3n) is 4.01. The lowest BCUT2D eigenvalue weighted by atomic mass is 10.1. The maximum atomic E-state index is 12.6. The fraction of sp³-hybridized carbons (Fsp3) is 0.600. The topological polar surface area (TPSA) is 49.4 Å². The summed E-state index contributed by atoms with van der Waals surface area (Å²) in [7, 11) is 0. The maximum Gasteiger partial charge on any atom is 0.242 e. The van der Waals surface area contributed by atoms with Crippen molar-refractivity contribution in [1.29, 1.82) is 0 Å². The van der Waals surface area contributed by atoms with Gasteiger partial charge in [-0.2, -0.15) is 0 Å². The number of nitrogens with zero attached hydrogens (tertiary/aromatic N) is 1. The quantitative estimate of drug-likeness (QED) is 0.750. The van der Waals surface area contributed by atoms with Crippen LogP contribution in [0.2, 0.25) is 0 Å². The fourth-order valence-corrected chi connectivity index (χ4v) is 2.59. The molecule has 0 spiro atoms. The van der Waals surface area contributed by atoms with E-state index in [1.807, 2.05) is 45.0 Å². The van der Waals surface area contributed by atoms with Gasteiger partial charge in [0.2, 0.25) is 11.8 Å². The zero-order chi connectivity index (χ0) is 18.1. The van der Waals surface area contributed by atoms with Gasteiger partial charge in [0.25, 0.3) is 0 Å². The molecule has 0 radical (unpaired) electrons. The molecular weight excluding hydrogens is 300 g/mol. The number of carbonyl (C=O) groups is 2. The Morgan fingerprint density at radius 2 is 1.75 bits per heavy atom. The van der Waals surface area contributed by atoms with Crippen molar-refractivity contribution in [3.05, 3.63) is 35.4 Å². The monoisotopic (exact) mass is 332 g/mol. The van der Waals surface area contributed by atoms with Gasteiger partial charge >= 0.3 is 0 Å². The van der Waals surface area contributed by atoms with E-state index in [0.29, 0.717) is 31.8 Å². The first kappa shape index (κ1) is 20.2. The smallest absolute Gasteiger partial charge is 0.242 e. The van der Waals surface area contributed by atoms with Crippen molar-refractivity contribution in [3.8, 4) is 0 Å². The summed E-state index contributed by atoms with van der Waals surface area (Å²) in [6.07, 6.45) is 1.87. The molecule has 1 aromatic carbocycles. The molecule has 0 aliphatic heterocycles. The van der Waals surface area contributed by atoms with Gasteiger partial charge in [-0.3, -0.25) is 9.59 Å². The van der Waals surface area contributed by atoms with Gasteiger partial charge in [0, 0.05) is 19.5 Å². The van der Waals surface area contributed by atoms with Crippen LogP contribution < -0.4 is 5.32 Å². The fourth-order valence-electron chi connectivity index (χ4n) is 2.59. The second kappa shape index (κ2) is 10.1. The number of rotatable bonds is 9. The van der Waals surface area contributed by atoms with Crippen LogP contribution in [0, 0.1) is 12.8 Å². The van der Waals surface area contributed by atoms with Crippen LogP contribution in [0.3, 0.4) is 0 Å². The van der Waals surface area contributed by atoms with Gasteiger partial charge in [0.05, 0.1) is 0 Å². The van der Waals surface area contributed by atoms with Gasteiger partial charge in [0.15, 0.2) is 0 Å². The lowest BCUT2D eigenvalue weighted by Gasteiger charge is -2.31. The van der Waals surface area contributed by atoms with Crippen LogP contribution in [0.15, 0.2) is 24.3 Å². The minimum atomic E-state index is -0.413. The standard InChI is InChI=1S/C20H32N2O2/c1-6-8-19(23)22(14-17-11-9-16(5)10-12-17)18(7-2)20(24)21-13-15(3)4/h9-12,15,18H,6-8,13-14H2,1-5H3,(H,21,24)/t18-/m0/s1. The van der Waals surface area contributed by atoms with Gasteiger partial charge < -0.3 is 10.2 Å². The van der Waals surface area contributed by atoms with E-state index in [1.54, 1.807) is 4.90 Å². The number of hydrogen-bond acceptors (Lipinski definition) is 2. The average molecular weight is 332 g/mol. The molecule has 0 aromatic heterocycles. The van der Waals surface area contributed by atoms with Crippen LogP contribution in [0.5, 0.6) is 0 Å². The third-order valence-corrected chi connectivity index (χ3v) is 4.01. The number of benzene rings is 1. The number of amides is 2. The molecule has 1 N–H and O–H groups in total. The van der Waals surface area contributed by atoms with E-state index >= 15 is 0 Å². The van der Waals surface area contributed by atoms with Crippen LogP contribution in [-0.2, 0) is 16.1 Å². The molecule has 0 aliphatic carbocycles. The van der Waals surface area contributed by atoms with Gasteiger partial charge in [-0.15, -0.1) is 0 Å². The molecule has 4 nitrogen and oxygen atoms in total. The molecule has 4 heteroatoms. The van der Waals surface area contributed by atoms with Crippen LogP contribution in [0.1, 0.15) is 58.1 Å². The molecule has 0 aliphatic rings. The summed E-state index contributed by atoms with van der Waals surface area (Å²) in [5, 5.41) is 2.97. The SMILES string of the molecule is CCCC(=O)N(Cc1ccc(C)cc1)[C@@H](CC)C(=O)NCC(C)C. The van der Waals surface area contributed by atoms with Crippen molar-refractivity contribution in [1.82, 2.24) is 10.2 Å². The van der Waals surface area contributed by atoms with Gasteiger partial charge in [-0.25, -0.2) is 0 Å². The van der Waals surface area contributed by atoms with Crippen molar-refractivity contribution in [3.63, 3.8) is 0 Å². The largest absolute Gasteiger partial charge is 0.354 e. The van der Waals surface area contributed by atoms with Crippen LogP contribution in [-0.4, -0.2) is 29.3 Å². The second-order valence-electron chi connectivity index (χ2n) is 6.82. The summed E-state index contributed by atoms with van der Waals surface area (Å²) in [6.45, 7) is 11.2. The molecular formula is C20H32N2O2. The Bertz CT molecular complexity index is 523. The zero-order valence-corrected chi connectivity index (χ0v) is 15.8. The number of hydrogen-bond donors (Lipinski definition) is 1. The minimum absolute atomic E-state index is 0.0459. The second-order valence-corrected chi connectivity index (χ2v) is 6.82. The summed E-state index contributed by atoms with van der Waals surface area (Å²) in [4.78, 5) is 26.9. The van der Waals surface area contributed by atoms with E-state index in [2.05, 4.69) is 19.2 Å². The first-order valence-electron chi connectivity index (χ1n) is 9.01. The zero-order valence-electron chi connectivity index (χ0n) is 15.8. The number of carbonyl (C=O) groups excluding carboxylic acids is 2. The van der Waals surface area contributed by atoms with Crippen molar-refractivity contribution in [2.75, 3.05) is 6.54 Å². The average Bonchev–Trinajstić information content (AvgIpc) is 2.54. The summed E-state index contributed by atoms with van der Waals surface area (Å²) in [6, 6.07) is 7.72. The molecule has 0 saturated carbocycles. The summed E-state index contributed by atoms with van der Waals surface area (Å²) in [5.74, 6) is 0.385. The number of aryl methyl sites for hydroxylation is 1. The summed E-state index contributed by atoms with van der Waals surface area (Å²) < 4.78 is 0. The molecule has 0 unspecified atom stereocenters. The first-order chi connectivity index (χ1) is 11.4. The third kappa shape index (κ3) is 6.34. The highest BCUT2D eigenvalue weighted by molar-refractivity contribution is 5.87. The van der Waals surface area contributed by atoms with Crippen molar-refractivity contribution < 1.29 is 9.59 Å². The van der Waals surface area contributed by atoms with Gasteiger partial charge in [-0.05, 0) is 31.2 Å². The molecule has 0 fully saturated rings. The molecule has 0 heterocycles. The Kier molecular flexibility index (Phi) is 8.51. The highest BCUT2D eigenvalue weighted by Crippen LogP contribution is 2.15. The predicted octanol–water partition coefficient (Wildman–Crippen LogP) is 3.67. The van der Waals surface area contributed by atoms with E-state index in [1.165, 1.54) is 5.56 Å². The van der Waals surface area contributed by atoms with Crippen molar-refractivity contribution in [2.45, 2.75) is 66.5 Å². The van der Waals surface area contributed by atoms with E-state index in [0.717, 1.165) is 12.0 Å². The minimum Gasteiger partial charge on any atom is -0.354 e. The van der Waals surface area contributed by atoms with Crippen LogP contribution >= 0.6 is 0 Å². The van der Waals surface area contributed by atoms with Gasteiger partial charge in [-0.1, -0.05) is 57.5 Å². The molecule has 0 bridgehead atoms.